The fourth-order valence-corrected chi connectivity index (χ4v) is 4.09. The van der Waals surface area contributed by atoms with E-state index in [1.807, 2.05) is 0 Å². The summed E-state index contributed by atoms with van der Waals surface area (Å²) >= 11 is 3.35. The molecule has 0 spiro atoms. The van der Waals surface area contributed by atoms with Crippen LogP contribution in [0.15, 0.2) is 27.6 Å². The van der Waals surface area contributed by atoms with Crippen LogP contribution in [0.25, 0.3) is 0 Å². The zero-order valence-electron chi connectivity index (χ0n) is 13.5. The highest BCUT2D eigenvalue weighted by molar-refractivity contribution is 9.10. The lowest BCUT2D eigenvalue weighted by Gasteiger charge is -2.18. The van der Waals surface area contributed by atoms with Gasteiger partial charge in [0.2, 0.25) is 10.0 Å². The molecule has 7 heteroatoms. The number of sulfonamides is 1. The second kappa shape index (κ2) is 7.77. The van der Waals surface area contributed by atoms with Gasteiger partial charge < -0.3 is 5.32 Å². The minimum absolute atomic E-state index is 0.122. The van der Waals surface area contributed by atoms with Crippen molar-refractivity contribution in [3.8, 4) is 0 Å². The highest BCUT2D eigenvalue weighted by Gasteiger charge is 2.22. The van der Waals surface area contributed by atoms with E-state index in [0.29, 0.717) is 10.0 Å². The standard InChI is InChI=1S/C16H23BrN2O3S/c1-19(2)23(21,22)13-9-10-15(17)14(11-13)16(20)18-12-7-5-3-4-6-8-12/h9-12H,3-8H2,1-2H3,(H,18,20). The molecule has 1 aromatic carbocycles. The molecular weight excluding hydrogens is 380 g/mol. The smallest absolute Gasteiger partial charge is 0.252 e. The molecule has 0 radical (unpaired) electrons. The molecule has 1 N–H and O–H groups in total. The average molecular weight is 403 g/mol. The number of rotatable bonds is 4. The topological polar surface area (TPSA) is 66.5 Å². The maximum Gasteiger partial charge on any atom is 0.252 e. The summed E-state index contributed by atoms with van der Waals surface area (Å²) in [6.45, 7) is 0. The molecule has 23 heavy (non-hydrogen) atoms. The predicted octanol–water partition coefficient (Wildman–Crippen LogP) is 3.15. The summed E-state index contributed by atoms with van der Waals surface area (Å²) < 4.78 is 26.2. The Bertz CT molecular complexity index is 666. The van der Waals surface area contributed by atoms with Crippen molar-refractivity contribution >= 4 is 31.9 Å². The van der Waals surface area contributed by atoms with Gasteiger partial charge in [-0.05, 0) is 47.0 Å². The van der Waals surface area contributed by atoms with E-state index in [9.17, 15) is 13.2 Å². The Morgan fingerprint density at radius 3 is 2.35 bits per heavy atom. The number of carbonyl (C=O) groups is 1. The summed E-state index contributed by atoms with van der Waals surface area (Å²) in [6.07, 6.45) is 6.65. The van der Waals surface area contributed by atoms with Crippen LogP contribution in [0.2, 0.25) is 0 Å². The first-order valence-electron chi connectivity index (χ1n) is 7.85. The first-order valence-corrected chi connectivity index (χ1v) is 10.1. The minimum atomic E-state index is -3.56. The largest absolute Gasteiger partial charge is 0.349 e. The maximum absolute atomic E-state index is 12.5. The van der Waals surface area contributed by atoms with Crippen molar-refractivity contribution in [2.45, 2.75) is 49.5 Å². The Hall–Kier alpha value is -0.920. The van der Waals surface area contributed by atoms with Crippen LogP contribution in [0, 0.1) is 0 Å². The third-order valence-corrected chi connectivity index (χ3v) is 6.65. The average Bonchev–Trinajstić information content (AvgIpc) is 2.75. The summed E-state index contributed by atoms with van der Waals surface area (Å²) in [5.74, 6) is -0.223. The fraction of sp³-hybridized carbons (Fsp3) is 0.562. The monoisotopic (exact) mass is 402 g/mol. The van der Waals surface area contributed by atoms with E-state index in [4.69, 9.17) is 0 Å². The van der Waals surface area contributed by atoms with Crippen LogP contribution in [0.1, 0.15) is 48.9 Å². The van der Waals surface area contributed by atoms with Gasteiger partial charge in [-0.15, -0.1) is 0 Å². The summed E-state index contributed by atoms with van der Waals surface area (Å²) in [7, 11) is -0.606. The van der Waals surface area contributed by atoms with Gasteiger partial charge in [-0.25, -0.2) is 12.7 Å². The third-order valence-electron chi connectivity index (χ3n) is 4.15. The molecule has 0 aliphatic heterocycles. The van der Waals surface area contributed by atoms with Gasteiger partial charge in [0.25, 0.3) is 5.91 Å². The number of hydrogen-bond acceptors (Lipinski definition) is 3. The quantitative estimate of drug-likeness (QED) is 0.786. The molecule has 1 aromatic rings. The first kappa shape index (κ1) is 18.4. The number of benzene rings is 1. The number of nitrogens with one attached hydrogen (secondary N) is 1. The Kier molecular flexibility index (Phi) is 6.22. The summed E-state index contributed by atoms with van der Waals surface area (Å²) in [5, 5.41) is 3.05. The van der Waals surface area contributed by atoms with Gasteiger partial charge >= 0.3 is 0 Å². The SMILES string of the molecule is CN(C)S(=O)(=O)c1ccc(Br)c(C(=O)NC2CCCCCC2)c1. The van der Waals surface area contributed by atoms with E-state index in [1.54, 1.807) is 6.07 Å². The van der Waals surface area contributed by atoms with E-state index in [0.717, 1.165) is 30.0 Å². The number of amides is 1. The van der Waals surface area contributed by atoms with Crippen molar-refractivity contribution in [1.29, 1.82) is 0 Å². The molecule has 0 aromatic heterocycles. The lowest BCUT2D eigenvalue weighted by Crippen LogP contribution is -2.34. The van der Waals surface area contributed by atoms with Crippen LogP contribution in [0.3, 0.4) is 0 Å². The molecule has 0 unspecified atom stereocenters. The molecule has 1 aliphatic rings. The van der Waals surface area contributed by atoms with Crippen LogP contribution in [-0.4, -0.2) is 38.8 Å². The molecule has 1 aliphatic carbocycles. The molecule has 2 rings (SSSR count). The van der Waals surface area contributed by atoms with E-state index >= 15 is 0 Å². The predicted molar refractivity (Wildman–Crippen MR) is 94.0 cm³/mol. The molecule has 0 atom stereocenters. The van der Waals surface area contributed by atoms with Gasteiger partial charge in [0.05, 0.1) is 10.5 Å². The van der Waals surface area contributed by atoms with Crippen LogP contribution < -0.4 is 5.32 Å². The Morgan fingerprint density at radius 1 is 1.17 bits per heavy atom. The molecule has 1 fully saturated rings. The van der Waals surface area contributed by atoms with Crippen LogP contribution >= 0.6 is 15.9 Å². The molecular formula is C16H23BrN2O3S. The van der Waals surface area contributed by atoms with Gasteiger partial charge in [0.15, 0.2) is 0 Å². The lowest BCUT2D eigenvalue weighted by atomic mass is 10.1. The van der Waals surface area contributed by atoms with E-state index in [1.165, 1.54) is 39.1 Å². The zero-order chi connectivity index (χ0) is 17.0. The number of carbonyl (C=O) groups excluding carboxylic acids is 1. The normalized spacial score (nSPS) is 17.0. The van der Waals surface area contributed by atoms with Crippen molar-refractivity contribution in [2.24, 2.45) is 0 Å². The minimum Gasteiger partial charge on any atom is -0.349 e. The van der Waals surface area contributed by atoms with Crippen LogP contribution in [0.5, 0.6) is 0 Å². The Morgan fingerprint density at radius 2 is 1.78 bits per heavy atom. The van der Waals surface area contributed by atoms with Gasteiger partial charge in [-0.2, -0.15) is 0 Å². The lowest BCUT2D eigenvalue weighted by molar-refractivity contribution is 0.0932. The van der Waals surface area contributed by atoms with Crippen molar-refractivity contribution in [3.05, 3.63) is 28.2 Å². The molecule has 5 nitrogen and oxygen atoms in total. The number of halogens is 1. The maximum atomic E-state index is 12.5. The van der Waals surface area contributed by atoms with Crippen LogP contribution in [-0.2, 0) is 10.0 Å². The molecule has 0 bridgehead atoms. The van der Waals surface area contributed by atoms with Gasteiger partial charge in [0, 0.05) is 24.6 Å². The number of nitrogens with zero attached hydrogens (tertiary/aromatic N) is 1. The van der Waals surface area contributed by atoms with Gasteiger partial charge in [-0.3, -0.25) is 4.79 Å². The fourth-order valence-electron chi connectivity index (χ4n) is 2.74. The third kappa shape index (κ3) is 4.55. The van der Waals surface area contributed by atoms with E-state index in [2.05, 4.69) is 21.2 Å². The van der Waals surface area contributed by atoms with Gasteiger partial charge in [-0.1, -0.05) is 25.7 Å². The van der Waals surface area contributed by atoms with E-state index < -0.39 is 10.0 Å². The number of hydrogen-bond donors (Lipinski definition) is 1. The van der Waals surface area contributed by atoms with Crippen LogP contribution in [0.4, 0.5) is 0 Å². The molecule has 0 saturated heterocycles. The van der Waals surface area contributed by atoms with E-state index in [-0.39, 0.29) is 16.8 Å². The van der Waals surface area contributed by atoms with Crippen molar-refractivity contribution in [3.63, 3.8) is 0 Å². The van der Waals surface area contributed by atoms with Crippen molar-refractivity contribution in [1.82, 2.24) is 9.62 Å². The van der Waals surface area contributed by atoms with Crippen molar-refractivity contribution in [2.75, 3.05) is 14.1 Å². The second-order valence-electron chi connectivity index (χ2n) is 6.09. The molecule has 1 amide bonds. The zero-order valence-corrected chi connectivity index (χ0v) is 15.9. The highest BCUT2D eigenvalue weighted by atomic mass is 79.9. The highest BCUT2D eigenvalue weighted by Crippen LogP contribution is 2.24. The molecule has 1 saturated carbocycles. The van der Waals surface area contributed by atoms with Gasteiger partial charge in [0.1, 0.15) is 0 Å². The Balaban J connectivity index is 2.22. The molecule has 0 heterocycles. The second-order valence-corrected chi connectivity index (χ2v) is 9.10. The summed E-state index contributed by atoms with van der Waals surface area (Å²) in [6, 6.07) is 4.72. The van der Waals surface area contributed by atoms with Crippen molar-refractivity contribution < 1.29 is 13.2 Å². The summed E-state index contributed by atoms with van der Waals surface area (Å²) in [4.78, 5) is 12.7. The Labute approximate surface area is 146 Å². The molecule has 128 valence electrons. The summed E-state index contributed by atoms with van der Waals surface area (Å²) in [5.41, 5.74) is 0.358. The first-order chi connectivity index (χ1) is 10.8.